The molecule has 0 spiro atoms. The van der Waals surface area contributed by atoms with Crippen molar-refractivity contribution in [2.75, 3.05) is 23.3 Å². The van der Waals surface area contributed by atoms with E-state index in [9.17, 15) is 14.5 Å². The minimum Gasteiger partial charge on any atom is -0.366 e. The second-order valence-electron chi connectivity index (χ2n) is 6.81. The van der Waals surface area contributed by atoms with E-state index in [0.29, 0.717) is 23.0 Å². The van der Waals surface area contributed by atoms with Crippen LogP contribution in [0, 0.1) is 21.8 Å². The van der Waals surface area contributed by atoms with Gasteiger partial charge >= 0.3 is 5.69 Å². The zero-order valence-corrected chi connectivity index (χ0v) is 14.7. The number of hydrogen-bond donors (Lipinski definition) is 1. The van der Waals surface area contributed by atoms with Crippen LogP contribution in [0.1, 0.15) is 19.8 Å². The summed E-state index contributed by atoms with van der Waals surface area (Å²) in [6, 6.07) is 7.53. The number of benzene rings is 2. The Morgan fingerprint density at radius 3 is 2.56 bits per heavy atom. The number of nitrogens with zero attached hydrogens (tertiary/aromatic N) is 4. The second-order valence-corrected chi connectivity index (χ2v) is 6.81. The first-order valence-corrected chi connectivity index (χ1v) is 8.74. The van der Waals surface area contributed by atoms with E-state index in [-0.39, 0.29) is 22.5 Å². The summed E-state index contributed by atoms with van der Waals surface area (Å²) in [6.07, 6.45) is 1.93. The lowest BCUT2D eigenvalue weighted by molar-refractivity contribution is -0.382. The maximum absolute atomic E-state index is 13.2. The average molecular weight is 371 g/mol. The Morgan fingerprint density at radius 1 is 1.22 bits per heavy atom. The van der Waals surface area contributed by atoms with Gasteiger partial charge in [0.05, 0.1) is 10.6 Å². The van der Waals surface area contributed by atoms with Crippen molar-refractivity contribution in [3.8, 4) is 0 Å². The van der Waals surface area contributed by atoms with E-state index in [1.807, 2.05) is 4.90 Å². The molecule has 1 aliphatic heterocycles. The first-order chi connectivity index (χ1) is 13.0. The molecular formula is C18H18FN5O3. The van der Waals surface area contributed by atoms with Crippen LogP contribution in [0.2, 0.25) is 0 Å². The van der Waals surface area contributed by atoms with Crippen LogP contribution in [-0.2, 0) is 0 Å². The summed E-state index contributed by atoms with van der Waals surface area (Å²) in [5, 5.41) is 22.5. The molecule has 1 fully saturated rings. The quantitative estimate of drug-likeness (QED) is 0.541. The molecule has 2 heterocycles. The van der Waals surface area contributed by atoms with Crippen molar-refractivity contribution in [1.29, 1.82) is 0 Å². The van der Waals surface area contributed by atoms with Crippen LogP contribution in [-0.4, -0.2) is 28.3 Å². The Bertz CT molecular complexity index is 981. The molecule has 0 amide bonds. The number of nitro groups is 1. The smallest absolute Gasteiger partial charge is 0.323 e. The highest BCUT2D eigenvalue weighted by molar-refractivity contribution is 6.00. The van der Waals surface area contributed by atoms with E-state index in [4.69, 9.17) is 4.63 Å². The van der Waals surface area contributed by atoms with Crippen LogP contribution in [0.3, 0.4) is 0 Å². The summed E-state index contributed by atoms with van der Waals surface area (Å²) in [5.74, 6) is 0.246. The second kappa shape index (κ2) is 6.82. The average Bonchev–Trinajstić information content (AvgIpc) is 3.13. The monoisotopic (exact) mass is 371 g/mol. The van der Waals surface area contributed by atoms with Gasteiger partial charge in [-0.15, -0.1) is 0 Å². The van der Waals surface area contributed by atoms with E-state index in [2.05, 4.69) is 22.6 Å². The molecule has 3 aromatic rings. The van der Waals surface area contributed by atoms with Gasteiger partial charge in [0, 0.05) is 18.8 Å². The maximum atomic E-state index is 13.2. The van der Waals surface area contributed by atoms with Crippen LogP contribution in [0.5, 0.6) is 0 Å². The lowest BCUT2D eigenvalue weighted by atomic mass is 9.98. The van der Waals surface area contributed by atoms with Crippen LogP contribution in [0.25, 0.3) is 11.0 Å². The van der Waals surface area contributed by atoms with E-state index in [1.54, 1.807) is 18.2 Å². The van der Waals surface area contributed by atoms with Crippen LogP contribution in [0.15, 0.2) is 35.0 Å². The molecule has 0 unspecified atom stereocenters. The lowest BCUT2D eigenvalue weighted by Gasteiger charge is -2.32. The maximum Gasteiger partial charge on any atom is 0.323 e. The molecule has 0 atom stereocenters. The summed E-state index contributed by atoms with van der Waals surface area (Å²) in [6.45, 7) is 3.64. The third kappa shape index (κ3) is 3.27. The zero-order chi connectivity index (χ0) is 19.0. The first-order valence-electron chi connectivity index (χ1n) is 8.74. The SMILES string of the molecule is CC1CCN(c2cc(Nc3ccc(F)cc3)c3nonc3c2[N+](=O)[O-])CC1. The summed E-state index contributed by atoms with van der Waals surface area (Å²) < 4.78 is 18.0. The fourth-order valence-electron chi connectivity index (χ4n) is 3.37. The molecule has 0 radical (unpaired) electrons. The Labute approximate surface area is 154 Å². The van der Waals surface area contributed by atoms with Gasteiger partial charge in [-0.2, -0.15) is 0 Å². The minimum absolute atomic E-state index is 0.0979. The van der Waals surface area contributed by atoms with Gasteiger partial charge in [-0.1, -0.05) is 6.92 Å². The van der Waals surface area contributed by atoms with Gasteiger partial charge in [-0.3, -0.25) is 10.1 Å². The molecule has 0 aliphatic carbocycles. The van der Waals surface area contributed by atoms with Gasteiger partial charge in [0.2, 0.25) is 5.52 Å². The number of aromatic nitrogens is 2. The molecule has 1 N–H and O–H groups in total. The van der Waals surface area contributed by atoms with Gasteiger partial charge in [-0.25, -0.2) is 9.02 Å². The molecule has 27 heavy (non-hydrogen) atoms. The van der Waals surface area contributed by atoms with Crippen molar-refractivity contribution in [3.63, 3.8) is 0 Å². The van der Waals surface area contributed by atoms with E-state index in [0.717, 1.165) is 25.9 Å². The standard InChI is InChI=1S/C18H18FN5O3/c1-11-6-8-23(9-7-11)15-10-14(20-13-4-2-12(19)3-5-13)16-17(22-27-21-16)18(15)24(25)26/h2-5,10-11,20H,6-9H2,1H3. The molecule has 140 valence electrons. The Kier molecular flexibility index (Phi) is 4.35. The van der Waals surface area contributed by atoms with Gasteiger partial charge in [-0.05, 0) is 59.4 Å². The molecule has 9 heteroatoms. The third-order valence-electron chi connectivity index (χ3n) is 4.92. The fraction of sp³-hybridized carbons (Fsp3) is 0.333. The van der Waals surface area contributed by atoms with Gasteiger partial charge in [0.15, 0.2) is 5.52 Å². The summed E-state index contributed by atoms with van der Waals surface area (Å²) in [5.41, 5.74) is 1.90. The number of piperidine rings is 1. The number of anilines is 3. The number of halogens is 1. The van der Waals surface area contributed by atoms with Gasteiger partial charge in [0.25, 0.3) is 0 Å². The molecule has 0 saturated carbocycles. The highest BCUT2D eigenvalue weighted by Crippen LogP contribution is 2.41. The zero-order valence-electron chi connectivity index (χ0n) is 14.7. The van der Waals surface area contributed by atoms with Crippen molar-refractivity contribution in [3.05, 3.63) is 46.3 Å². The summed E-state index contributed by atoms with van der Waals surface area (Å²) in [7, 11) is 0. The van der Waals surface area contributed by atoms with E-state index in [1.165, 1.54) is 12.1 Å². The van der Waals surface area contributed by atoms with Gasteiger partial charge < -0.3 is 10.2 Å². The van der Waals surface area contributed by atoms with Crippen molar-refractivity contribution in [2.24, 2.45) is 5.92 Å². The minimum atomic E-state index is -0.443. The largest absolute Gasteiger partial charge is 0.366 e. The summed E-state index contributed by atoms with van der Waals surface area (Å²) in [4.78, 5) is 13.3. The van der Waals surface area contributed by atoms with Crippen LogP contribution in [0.4, 0.5) is 27.1 Å². The topological polar surface area (TPSA) is 97.3 Å². The molecule has 0 bridgehead atoms. The number of hydrogen-bond acceptors (Lipinski definition) is 7. The summed E-state index contributed by atoms with van der Waals surface area (Å²) >= 11 is 0. The van der Waals surface area contributed by atoms with E-state index >= 15 is 0 Å². The van der Waals surface area contributed by atoms with E-state index < -0.39 is 4.92 Å². The molecule has 4 rings (SSSR count). The van der Waals surface area contributed by atoms with Gasteiger partial charge in [0.1, 0.15) is 11.5 Å². The number of fused-ring (bicyclic) bond motifs is 1. The molecule has 1 aliphatic rings. The molecule has 1 aromatic heterocycles. The normalized spacial score (nSPS) is 15.3. The fourth-order valence-corrected chi connectivity index (χ4v) is 3.37. The van der Waals surface area contributed by atoms with Crippen molar-refractivity contribution < 1.29 is 13.9 Å². The van der Waals surface area contributed by atoms with Crippen molar-refractivity contribution >= 4 is 33.8 Å². The Morgan fingerprint density at radius 2 is 1.89 bits per heavy atom. The Hall–Kier alpha value is -3.23. The first kappa shape index (κ1) is 17.2. The third-order valence-corrected chi connectivity index (χ3v) is 4.92. The molecular weight excluding hydrogens is 353 g/mol. The van der Waals surface area contributed by atoms with Crippen molar-refractivity contribution in [1.82, 2.24) is 10.3 Å². The highest BCUT2D eigenvalue weighted by atomic mass is 19.1. The van der Waals surface area contributed by atoms with Crippen molar-refractivity contribution in [2.45, 2.75) is 19.8 Å². The number of nitrogens with one attached hydrogen (secondary N) is 1. The number of nitro benzene ring substituents is 1. The predicted octanol–water partition coefficient (Wildman–Crippen LogP) is 4.25. The Balaban J connectivity index is 1.81. The van der Waals surface area contributed by atoms with Crippen LogP contribution < -0.4 is 10.2 Å². The molecule has 8 nitrogen and oxygen atoms in total. The molecule has 1 saturated heterocycles. The number of rotatable bonds is 4. The van der Waals surface area contributed by atoms with Crippen LogP contribution >= 0.6 is 0 Å². The predicted molar refractivity (Wildman–Crippen MR) is 98.8 cm³/mol. The lowest BCUT2D eigenvalue weighted by Crippen LogP contribution is -2.33. The molecule has 2 aromatic carbocycles. The highest BCUT2D eigenvalue weighted by Gasteiger charge is 2.30.